The van der Waals surface area contributed by atoms with Crippen LogP contribution in [0.15, 0.2) is 22.7 Å². The van der Waals surface area contributed by atoms with E-state index < -0.39 is 36.0 Å². The number of hydrogen-bond acceptors (Lipinski definition) is 7. The fraction of sp³-hybridized carbons (Fsp3) is 0.579. The van der Waals surface area contributed by atoms with Crippen molar-refractivity contribution < 1.29 is 45.0 Å². The van der Waals surface area contributed by atoms with Gasteiger partial charge < -0.3 is 14.5 Å². The highest BCUT2D eigenvalue weighted by molar-refractivity contribution is 5.93. The Labute approximate surface area is 181 Å². The van der Waals surface area contributed by atoms with Crippen LogP contribution in [-0.2, 0) is 10.2 Å². The third kappa shape index (κ3) is 4.23. The molecular formula is C19H16F6N4O4. The second kappa shape index (κ2) is 7.05. The molecule has 2 heterocycles. The van der Waals surface area contributed by atoms with Crippen LogP contribution in [0.4, 0.5) is 26.3 Å². The Morgan fingerprint density at radius 2 is 1.76 bits per heavy atom. The van der Waals surface area contributed by atoms with E-state index in [0.29, 0.717) is 25.2 Å². The molecule has 0 aliphatic heterocycles. The Balaban J connectivity index is 1.13. The van der Waals surface area contributed by atoms with Crippen molar-refractivity contribution in [3.05, 3.63) is 35.8 Å². The standard InChI is InChI=1S/C19H16F6N4O4/c20-18(21,22)32-10-1-2-12(26-5-10)13(30)27-17-6-16(7-17,8-17)15-29-28-14(31-15)9-3-11(4-9)33-19(23,24)25/h1-2,5,9,11H,3-4,6-8H2,(H,27,30). The predicted octanol–water partition coefficient (Wildman–Crippen LogP) is 3.75. The number of rotatable bonds is 6. The van der Waals surface area contributed by atoms with Gasteiger partial charge in [0.05, 0.1) is 17.7 Å². The second-order valence-corrected chi connectivity index (χ2v) is 8.77. The van der Waals surface area contributed by atoms with Gasteiger partial charge in [-0.2, -0.15) is 0 Å². The first-order valence-corrected chi connectivity index (χ1v) is 9.97. The van der Waals surface area contributed by atoms with Crippen LogP contribution in [0, 0.1) is 0 Å². The molecule has 0 radical (unpaired) electrons. The van der Waals surface area contributed by atoms with Crippen LogP contribution in [0.3, 0.4) is 0 Å². The summed E-state index contributed by atoms with van der Waals surface area (Å²) in [5.74, 6) is -0.674. The zero-order valence-corrected chi connectivity index (χ0v) is 16.7. The van der Waals surface area contributed by atoms with Gasteiger partial charge in [-0.1, -0.05) is 0 Å². The molecule has 14 heteroatoms. The van der Waals surface area contributed by atoms with Gasteiger partial charge in [0.25, 0.3) is 5.91 Å². The summed E-state index contributed by atoms with van der Waals surface area (Å²) in [5, 5.41) is 10.9. The minimum atomic E-state index is -4.85. The van der Waals surface area contributed by atoms with Crippen molar-refractivity contribution in [2.24, 2.45) is 0 Å². The largest absolute Gasteiger partial charge is 0.573 e. The van der Waals surface area contributed by atoms with E-state index >= 15 is 0 Å². The molecule has 178 valence electrons. The lowest BCUT2D eigenvalue weighted by molar-refractivity contribution is -0.352. The summed E-state index contributed by atoms with van der Waals surface area (Å²) in [5.41, 5.74) is -0.928. The van der Waals surface area contributed by atoms with E-state index in [-0.39, 0.29) is 35.8 Å². The zero-order chi connectivity index (χ0) is 23.6. The van der Waals surface area contributed by atoms with Gasteiger partial charge in [0, 0.05) is 11.5 Å². The number of halogens is 6. The number of pyridine rings is 1. The van der Waals surface area contributed by atoms with Gasteiger partial charge in [0.2, 0.25) is 11.8 Å². The predicted molar refractivity (Wildman–Crippen MR) is 93.8 cm³/mol. The molecular weight excluding hydrogens is 462 g/mol. The van der Waals surface area contributed by atoms with Gasteiger partial charge in [-0.15, -0.1) is 36.5 Å². The maximum absolute atomic E-state index is 12.4. The number of amides is 1. The molecule has 6 rings (SSSR count). The van der Waals surface area contributed by atoms with Gasteiger partial charge >= 0.3 is 12.7 Å². The SMILES string of the molecule is O=C(NC12CC(c3nnc(C4CC(OC(F)(F)F)C4)o3)(C1)C2)c1ccc(OC(F)(F)F)cn1. The quantitative estimate of drug-likeness (QED) is 0.632. The van der Waals surface area contributed by atoms with E-state index in [2.05, 4.69) is 30.0 Å². The number of carbonyl (C=O) groups excluding carboxylic acids is 1. The average Bonchev–Trinajstić information content (AvgIpc) is 3.07. The van der Waals surface area contributed by atoms with E-state index in [1.807, 2.05) is 0 Å². The van der Waals surface area contributed by atoms with E-state index in [9.17, 15) is 31.1 Å². The molecule has 1 N–H and O–H groups in total. The molecule has 0 aromatic carbocycles. The van der Waals surface area contributed by atoms with E-state index in [1.165, 1.54) is 0 Å². The van der Waals surface area contributed by atoms with Crippen LogP contribution >= 0.6 is 0 Å². The molecule has 0 spiro atoms. The van der Waals surface area contributed by atoms with Crippen LogP contribution in [0.2, 0.25) is 0 Å². The first kappa shape index (κ1) is 21.9. The smallest absolute Gasteiger partial charge is 0.424 e. The Kier molecular flexibility index (Phi) is 4.68. The van der Waals surface area contributed by atoms with Gasteiger partial charge in [-0.3, -0.25) is 9.53 Å². The summed E-state index contributed by atoms with van der Waals surface area (Å²) in [6.07, 6.45) is -7.72. The highest BCUT2D eigenvalue weighted by atomic mass is 19.4. The van der Waals surface area contributed by atoms with Gasteiger partial charge in [-0.05, 0) is 44.2 Å². The van der Waals surface area contributed by atoms with Crippen LogP contribution in [0.1, 0.15) is 60.3 Å². The van der Waals surface area contributed by atoms with Crippen LogP contribution < -0.4 is 10.1 Å². The topological polar surface area (TPSA) is 99.4 Å². The fourth-order valence-corrected chi connectivity index (χ4v) is 4.83. The molecule has 1 amide bonds. The van der Waals surface area contributed by atoms with Crippen LogP contribution in [0.5, 0.6) is 5.75 Å². The Bertz CT molecular complexity index is 1040. The molecule has 0 saturated heterocycles. The van der Waals surface area contributed by atoms with Gasteiger partial charge in [0.1, 0.15) is 11.4 Å². The molecule has 2 aromatic rings. The van der Waals surface area contributed by atoms with Crippen molar-refractivity contribution in [1.82, 2.24) is 20.5 Å². The maximum Gasteiger partial charge on any atom is 0.573 e. The van der Waals surface area contributed by atoms with Crippen molar-refractivity contribution in [3.8, 4) is 5.75 Å². The lowest BCUT2D eigenvalue weighted by Gasteiger charge is -2.68. The Hall–Kier alpha value is -2.90. The van der Waals surface area contributed by atoms with Crippen molar-refractivity contribution in [2.45, 2.75) is 67.8 Å². The van der Waals surface area contributed by atoms with Gasteiger partial charge in [-0.25, -0.2) is 4.98 Å². The molecule has 4 aliphatic rings. The number of ether oxygens (including phenoxy) is 2. The monoisotopic (exact) mass is 478 g/mol. The minimum Gasteiger partial charge on any atom is -0.424 e. The second-order valence-electron chi connectivity index (χ2n) is 8.77. The number of hydrogen-bond donors (Lipinski definition) is 1. The lowest BCUT2D eigenvalue weighted by Crippen LogP contribution is -2.76. The summed E-state index contributed by atoms with van der Waals surface area (Å²) in [7, 11) is 0. The first-order chi connectivity index (χ1) is 15.3. The van der Waals surface area contributed by atoms with Crippen LogP contribution in [-0.4, -0.2) is 45.5 Å². The maximum atomic E-state index is 12.4. The Morgan fingerprint density at radius 1 is 1.06 bits per heavy atom. The summed E-state index contributed by atoms with van der Waals surface area (Å²) in [6, 6.07) is 2.14. The number of nitrogens with one attached hydrogen (secondary N) is 1. The first-order valence-electron chi connectivity index (χ1n) is 9.97. The summed E-state index contributed by atoms with van der Waals surface area (Å²) < 4.78 is 86.7. The third-order valence-corrected chi connectivity index (χ3v) is 6.25. The van der Waals surface area contributed by atoms with Crippen LogP contribution in [0.25, 0.3) is 0 Å². The van der Waals surface area contributed by atoms with Crippen molar-refractivity contribution in [3.63, 3.8) is 0 Å². The number of nitrogens with zero attached hydrogens (tertiary/aromatic N) is 3. The fourth-order valence-electron chi connectivity index (χ4n) is 4.83. The number of alkyl halides is 6. The van der Waals surface area contributed by atoms with Crippen molar-refractivity contribution >= 4 is 5.91 Å². The molecule has 2 aromatic heterocycles. The van der Waals surface area contributed by atoms with Crippen molar-refractivity contribution in [1.29, 1.82) is 0 Å². The highest BCUT2D eigenvalue weighted by Crippen LogP contribution is 2.67. The third-order valence-electron chi connectivity index (χ3n) is 6.25. The molecule has 0 atom stereocenters. The molecule has 0 unspecified atom stereocenters. The van der Waals surface area contributed by atoms with Gasteiger partial charge in [0.15, 0.2) is 0 Å². The number of aromatic nitrogens is 3. The average molecular weight is 478 g/mol. The Morgan fingerprint density at radius 3 is 2.33 bits per heavy atom. The van der Waals surface area contributed by atoms with E-state index in [4.69, 9.17) is 4.42 Å². The molecule has 33 heavy (non-hydrogen) atoms. The molecule has 2 bridgehead atoms. The zero-order valence-electron chi connectivity index (χ0n) is 16.7. The summed E-state index contributed by atoms with van der Waals surface area (Å²) >= 11 is 0. The molecule has 8 nitrogen and oxygen atoms in total. The lowest BCUT2D eigenvalue weighted by atomic mass is 9.39. The minimum absolute atomic E-state index is 0.0519. The number of carbonyl (C=O) groups is 1. The molecule has 4 aliphatic carbocycles. The van der Waals surface area contributed by atoms with E-state index in [0.717, 1.165) is 18.3 Å². The summed E-state index contributed by atoms with van der Waals surface area (Å²) in [6.45, 7) is 0. The molecule has 4 saturated carbocycles. The van der Waals surface area contributed by atoms with Crippen molar-refractivity contribution in [2.75, 3.05) is 0 Å². The molecule has 4 fully saturated rings. The van der Waals surface area contributed by atoms with E-state index in [1.54, 1.807) is 0 Å². The summed E-state index contributed by atoms with van der Waals surface area (Å²) in [4.78, 5) is 16.1. The normalized spacial score (nSPS) is 30.6. The highest BCUT2D eigenvalue weighted by Gasteiger charge is 2.72.